The first-order valence-electron chi connectivity index (χ1n) is 4.57. The highest BCUT2D eigenvalue weighted by molar-refractivity contribution is 5.59. The van der Waals surface area contributed by atoms with Crippen molar-refractivity contribution in [1.29, 1.82) is 5.26 Å². The number of benzene rings is 1. The summed E-state index contributed by atoms with van der Waals surface area (Å²) >= 11 is 0. The molecule has 0 fully saturated rings. The van der Waals surface area contributed by atoms with E-state index in [0.717, 1.165) is 12.1 Å². The predicted octanol–water partition coefficient (Wildman–Crippen LogP) is 2.42. The SMILES string of the molecule is N#CCc1cc(-c2ccc(F)c(F)c2)n[nH]1. The minimum atomic E-state index is -0.915. The number of nitrogens with zero attached hydrogens (tertiary/aromatic N) is 2. The van der Waals surface area contributed by atoms with Crippen LogP contribution in [0.5, 0.6) is 0 Å². The van der Waals surface area contributed by atoms with E-state index in [1.54, 1.807) is 6.07 Å². The van der Waals surface area contributed by atoms with Crippen molar-refractivity contribution in [3.63, 3.8) is 0 Å². The lowest BCUT2D eigenvalue weighted by Gasteiger charge is -1.96. The van der Waals surface area contributed by atoms with Crippen LogP contribution in [-0.2, 0) is 6.42 Å². The van der Waals surface area contributed by atoms with Crippen molar-refractivity contribution in [2.45, 2.75) is 6.42 Å². The number of hydrogen-bond donors (Lipinski definition) is 1. The second-order valence-electron chi connectivity index (χ2n) is 3.24. The average molecular weight is 219 g/mol. The zero-order valence-electron chi connectivity index (χ0n) is 8.17. The summed E-state index contributed by atoms with van der Waals surface area (Å²) in [5, 5.41) is 15.0. The van der Waals surface area contributed by atoms with Crippen LogP contribution < -0.4 is 0 Å². The van der Waals surface area contributed by atoms with Crippen LogP contribution in [0, 0.1) is 23.0 Å². The maximum Gasteiger partial charge on any atom is 0.159 e. The summed E-state index contributed by atoms with van der Waals surface area (Å²) in [7, 11) is 0. The second-order valence-corrected chi connectivity index (χ2v) is 3.24. The maximum absolute atomic E-state index is 13.0. The third-order valence-corrected chi connectivity index (χ3v) is 2.12. The summed E-state index contributed by atoms with van der Waals surface area (Å²) in [6, 6.07) is 7.15. The molecule has 1 heterocycles. The summed E-state index contributed by atoms with van der Waals surface area (Å²) in [4.78, 5) is 0. The number of nitrogens with one attached hydrogen (secondary N) is 1. The van der Waals surface area contributed by atoms with Gasteiger partial charge < -0.3 is 0 Å². The second kappa shape index (κ2) is 4.11. The Kier molecular flexibility index (Phi) is 2.64. The fourth-order valence-electron chi connectivity index (χ4n) is 1.34. The monoisotopic (exact) mass is 219 g/mol. The molecule has 0 aliphatic rings. The number of halogens is 2. The summed E-state index contributed by atoms with van der Waals surface area (Å²) in [5.74, 6) is -1.81. The number of rotatable bonds is 2. The highest BCUT2D eigenvalue weighted by Gasteiger charge is 2.07. The van der Waals surface area contributed by atoms with Crippen molar-refractivity contribution in [1.82, 2.24) is 10.2 Å². The van der Waals surface area contributed by atoms with Crippen molar-refractivity contribution in [3.8, 4) is 17.3 Å². The van der Waals surface area contributed by atoms with Crippen molar-refractivity contribution < 1.29 is 8.78 Å². The molecule has 1 N–H and O–H groups in total. The van der Waals surface area contributed by atoms with Gasteiger partial charge in [0, 0.05) is 11.3 Å². The lowest BCUT2D eigenvalue weighted by Crippen LogP contribution is -1.85. The number of H-pyrrole nitrogens is 1. The Morgan fingerprint density at radius 3 is 2.75 bits per heavy atom. The molecule has 0 aliphatic carbocycles. The van der Waals surface area contributed by atoms with Gasteiger partial charge in [-0.1, -0.05) is 0 Å². The van der Waals surface area contributed by atoms with E-state index in [2.05, 4.69) is 10.2 Å². The molecule has 0 bridgehead atoms. The Balaban J connectivity index is 2.36. The first kappa shape index (κ1) is 10.3. The van der Waals surface area contributed by atoms with Crippen molar-refractivity contribution in [3.05, 3.63) is 41.6 Å². The first-order valence-corrected chi connectivity index (χ1v) is 4.57. The lowest BCUT2D eigenvalue weighted by molar-refractivity contribution is 0.509. The molecule has 16 heavy (non-hydrogen) atoms. The van der Waals surface area contributed by atoms with Gasteiger partial charge in [-0.25, -0.2) is 8.78 Å². The van der Waals surface area contributed by atoms with Gasteiger partial charge in [-0.15, -0.1) is 0 Å². The van der Waals surface area contributed by atoms with E-state index in [9.17, 15) is 8.78 Å². The number of aromatic nitrogens is 2. The summed E-state index contributed by atoms with van der Waals surface area (Å²) in [6.07, 6.45) is 0.205. The molecule has 0 atom stereocenters. The third-order valence-electron chi connectivity index (χ3n) is 2.12. The Bertz CT molecular complexity index is 555. The van der Waals surface area contributed by atoms with Crippen LogP contribution in [-0.4, -0.2) is 10.2 Å². The van der Waals surface area contributed by atoms with Crippen LogP contribution >= 0.6 is 0 Å². The zero-order valence-corrected chi connectivity index (χ0v) is 8.17. The third kappa shape index (κ3) is 1.91. The molecule has 2 rings (SSSR count). The Hall–Kier alpha value is -2.22. The Morgan fingerprint density at radius 2 is 2.06 bits per heavy atom. The zero-order chi connectivity index (χ0) is 11.5. The fraction of sp³-hybridized carbons (Fsp3) is 0.0909. The minimum Gasteiger partial charge on any atom is -0.281 e. The number of nitriles is 1. The molecule has 0 saturated heterocycles. The van der Waals surface area contributed by atoms with E-state index in [0.29, 0.717) is 17.0 Å². The van der Waals surface area contributed by atoms with E-state index < -0.39 is 11.6 Å². The molecule has 1 aromatic carbocycles. The van der Waals surface area contributed by atoms with Gasteiger partial charge in [-0.3, -0.25) is 5.10 Å². The lowest BCUT2D eigenvalue weighted by atomic mass is 10.1. The largest absolute Gasteiger partial charge is 0.281 e. The maximum atomic E-state index is 13.0. The van der Waals surface area contributed by atoms with Gasteiger partial charge in [0.15, 0.2) is 11.6 Å². The van der Waals surface area contributed by atoms with Crippen LogP contribution in [0.4, 0.5) is 8.78 Å². The molecule has 0 amide bonds. The van der Waals surface area contributed by atoms with E-state index >= 15 is 0 Å². The quantitative estimate of drug-likeness (QED) is 0.843. The number of hydrogen-bond acceptors (Lipinski definition) is 2. The molecular weight excluding hydrogens is 212 g/mol. The van der Waals surface area contributed by atoms with E-state index in [1.807, 2.05) is 6.07 Å². The highest BCUT2D eigenvalue weighted by Crippen LogP contribution is 2.20. The molecule has 0 radical (unpaired) electrons. The molecule has 2 aromatic rings. The normalized spacial score (nSPS) is 10.1. The van der Waals surface area contributed by atoms with Crippen LogP contribution in [0.15, 0.2) is 24.3 Å². The van der Waals surface area contributed by atoms with Gasteiger partial charge in [0.2, 0.25) is 0 Å². The van der Waals surface area contributed by atoms with Gasteiger partial charge in [0.25, 0.3) is 0 Å². The molecular formula is C11H7F2N3. The summed E-state index contributed by atoms with van der Waals surface area (Å²) in [6.45, 7) is 0. The molecule has 0 spiro atoms. The predicted molar refractivity (Wildman–Crippen MR) is 53.3 cm³/mol. The average Bonchev–Trinajstić information content (AvgIpc) is 2.71. The van der Waals surface area contributed by atoms with Gasteiger partial charge in [0.1, 0.15) is 0 Å². The summed E-state index contributed by atoms with van der Waals surface area (Å²) < 4.78 is 25.6. The Morgan fingerprint density at radius 1 is 1.25 bits per heavy atom. The van der Waals surface area contributed by atoms with Crippen LogP contribution in [0.3, 0.4) is 0 Å². The molecule has 5 heteroatoms. The van der Waals surface area contributed by atoms with Gasteiger partial charge in [-0.05, 0) is 24.3 Å². The van der Waals surface area contributed by atoms with Crippen LogP contribution in [0.2, 0.25) is 0 Å². The summed E-state index contributed by atoms with van der Waals surface area (Å²) in [5.41, 5.74) is 1.60. The topological polar surface area (TPSA) is 52.5 Å². The molecule has 0 aliphatic heterocycles. The smallest absolute Gasteiger partial charge is 0.159 e. The van der Waals surface area contributed by atoms with E-state index in [1.165, 1.54) is 6.07 Å². The van der Waals surface area contributed by atoms with Gasteiger partial charge in [-0.2, -0.15) is 10.4 Å². The van der Waals surface area contributed by atoms with E-state index in [-0.39, 0.29) is 6.42 Å². The van der Waals surface area contributed by atoms with Crippen LogP contribution in [0.25, 0.3) is 11.3 Å². The van der Waals surface area contributed by atoms with Crippen molar-refractivity contribution in [2.75, 3.05) is 0 Å². The van der Waals surface area contributed by atoms with Crippen molar-refractivity contribution >= 4 is 0 Å². The molecule has 3 nitrogen and oxygen atoms in total. The fourth-order valence-corrected chi connectivity index (χ4v) is 1.34. The molecule has 0 unspecified atom stereocenters. The Labute approximate surface area is 90.3 Å². The van der Waals surface area contributed by atoms with E-state index in [4.69, 9.17) is 5.26 Å². The van der Waals surface area contributed by atoms with Gasteiger partial charge >= 0.3 is 0 Å². The molecule has 0 saturated carbocycles. The molecule has 1 aromatic heterocycles. The standard InChI is InChI=1S/C11H7F2N3/c12-9-2-1-7(5-10(9)13)11-6-8(3-4-14)15-16-11/h1-2,5-6H,3H2,(H,15,16). The molecule has 80 valence electrons. The van der Waals surface area contributed by atoms with Crippen molar-refractivity contribution in [2.24, 2.45) is 0 Å². The highest BCUT2D eigenvalue weighted by atomic mass is 19.2. The number of aromatic amines is 1. The van der Waals surface area contributed by atoms with Crippen LogP contribution in [0.1, 0.15) is 5.69 Å². The van der Waals surface area contributed by atoms with Gasteiger partial charge in [0.05, 0.1) is 18.2 Å². The first-order chi connectivity index (χ1) is 7.70. The minimum absolute atomic E-state index is 0.205.